The molecule has 1 amide bonds. The summed E-state index contributed by atoms with van der Waals surface area (Å²) in [5.41, 5.74) is 4.27. The number of hydrogen-bond donors (Lipinski definition) is 1. The Labute approximate surface area is 153 Å². The third-order valence-corrected chi connectivity index (χ3v) is 4.49. The van der Waals surface area contributed by atoms with Gasteiger partial charge in [0.25, 0.3) is 5.56 Å². The zero-order valence-electron chi connectivity index (χ0n) is 15.5. The van der Waals surface area contributed by atoms with Crippen molar-refractivity contribution in [2.45, 2.75) is 40.2 Å². The molecule has 134 valence electrons. The van der Waals surface area contributed by atoms with E-state index in [0.717, 1.165) is 34.1 Å². The summed E-state index contributed by atoms with van der Waals surface area (Å²) in [6.07, 6.45) is 1.23. The first-order chi connectivity index (χ1) is 12.5. The molecule has 2 aromatic carbocycles. The van der Waals surface area contributed by atoms with Crippen molar-refractivity contribution in [3.05, 3.63) is 75.6 Å². The quantitative estimate of drug-likeness (QED) is 0.739. The normalized spacial score (nSPS) is 10.9. The fraction of sp³-hybridized carbons (Fsp3) is 0.273. The molecule has 0 aliphatic heterocycles. The fourth-order valence-electron chi connectivity index (χ4n) is 3.12. The molecule has 0 aliphatic rings. The summed E-state index contributed by atoms with van der Waals surface area (Å²) in [6.45, 7) is 6.24. The lowest BCUT2D eigenvalue weighted by Gasteiger charge is -2.23. The molecule has 4 heteroatoms. The van der Waals surface area contributed by atoms with E-state index in [2.05, 4.69) is 4.98 Å². The van der Waals surface area contributed by atoms with Crippen LogP contribution in [0.1, 0.15) is 36.5 Å². The number of H-pyrrole nitrogens is 1. The van der Waals surface area contributed by atoms with Crippen LogP contribution in [0.5, 0.6) is 0 Å². The number of nitrogens with zero attached hydrogens (tertiary/aromatic N) is 1. The zero-order chi connectivity index (χ0) is 18.7. The van der Waals surface area contributed by atoms with Crippen LogP contribution in [0.3, 0.4) is 0 Å². The van der Waals surface area contributed by atoms with Crippen molar-refractivity contribution in [3.63, 3.8) is 0 Å². The van der Waals surface area contributed by atoms with Crippen LogP contribution in [0, 0.1) is 13.8 Å². The van der Waals surface area contributed by atoms with Crippen molar-refractivity contribution < 1.29 is 4.79 Å². The minimum Gasteiger partial charge on any atom is -0.322 e. The minimum absolute atomic E-state index is 0.0292. The van der Waals surface area contributed by atoms with E-state index < -0.39 is 0 Å². The summed E-state index contributed by atoms with van der Waals surface area (Å²) in [7, 11) is 0. The summed E-state index contributed by atoms with van der Waals surface area (Å²) in [5, 5.41) is 0.970. The Kier molecular flexibility index (Phi) is 5.21. The van der Waals surface area contributed by atoms with E-state index >= 15 is 0 Å². The average molecular weight is 348 g/mol. The van der Waals surface area contributed by atoms with Crippen LogP contribution in [0.25, 0.3) is 10.9 Å². The van der Waals surface area contributed by atoms with Gasteiger partial charge in [-0.2, -0.15) is 0 Å². The first-order valence-corrected chi connectivity index (χ1v) is 8.97. The van der Waals surface area contributed by atoms with Gasteiger partial charge in [0.05, 0.1) is 6.54 Å². The van der Waals surface area contributed by atoms with E-state index in [9.17, 15) is 9.59 Å². The summed E-state index contributed by atoms with van der Waals surface area (Å²) in [5.74, 6) is 0.0292. The second kappa shape index (κ2) is 7.56. The number of anilines is 1. The Hall–Kier alpha value is -2.88. The van der Waals surface area contributed by atoms with Crippen LogP contribution in [-0.2, 0) is 11.3 Å². The van der Waals surface area contributed by atoms with Gasteiger partial charge in [-0.25, -0.2) is 0 Å². The number of aryl methyl sites for hydroxylation is 2. The lowest BCUT2D eigenvalue weighted by molar-refractivity contribution is -0.118. The molecule has 1 N–H and O–H groups in total. The third kappa shape index (κ3) is 3.85. The molecule has 0 spiro atoms. The molecule has 0 bridgehead atoms. The van der Waals surface area contributed by atoms with Crippen molar-refractivity contribution >= 4 is 22.5 Å². The molecule has 1 aromatic heterocycles. The Morgan fingerprint density at radius 3 is 2.54 bits per heavy atom. The van der Waals surface area contributed by atoms with Gasteiger partial charge in [-0.15, -0.1) is 0 Å². The van der Waals surface area contributed by atoms with Crippen molar-refractivity contribution in [2.75, 3.05) is 4.90 Å². The van der Waals surface area contributed by atoms with Crippen molar-refractivity contribution in [2.24, 2.45) is 0 Å². The lowest BCUT2D eigenvalue weighted by atomic mass is 10.1. The number of fused-ring (bicyclic) bond motifs is 1. The summed E-state index contributed by atoms with van der Waals surface area (Å²) in [4.78, 5) is 29.9. The minimum atomic E-state index is -0.148. The van der Waals surface area contributed by atoms with Crippen LogP contribution in [-0.4, -0.2) is 10.9 Å². The Balaban J connectivity index is 2.02. The van der Waals surface area contributed by atoms with E-state index in [0.29, 0.717) is 12.0 Å². The SMILES string of the molecule is CCCC(=O)N(Cc1cc2ccc(C)cc2[nH]c1=O)c1cccc(C)c1. The van der Waals surface area contributed by atoms with Gasteiger partial charge in [0.2, 0.25) is 5.91 Å². The molecule has 4 nitrogen and oxygen atoms in total. The van der Waals surface area contributed by atoms with Crippen LogP contribution in [0.4, 0.5) is 5.69 Å². The number of carbonyl (C=O) groups is 1. The Bertz CT molecular complexity index is 1000. The van der Waals surface area contributed by atoms with E-state index in [1.807, 2.05) is 69.3 Å². The van der Waals surface area contributed by atoms with E-state index in [-0.39, 0.29) is 18.0 Å². The number of benzene rings is 2. The molecule has 0 fully saturated rings. The maximum absolute atomic E-state index is 12.7. The van der Waals surface area contributed by atoms with E-state index in [1.165, 1.54) is 0 Å². The highest BCUT2D eigenvalue weighted by atomic mass is 16.2. The molecule has 3 aromatic rings. The van der Waals surface area contributed by atoms with Crippen LogP contribution in [0.2, 0.25) is 0 Å². The topological polar surface area (TPSA) is 53.2 Å². The Morgan fingerprint density at radius 1 is 1.04 bits per heavy atom. The van der Waals surface area contributed by atoms with Crippen molar-refractivity contribution in [3.8, 4) is 0 Å². The fourth-order valence-corrected chi connectivity index (χ4v) is 3.12. The predicted octanol–water partition coefficient (Wildman–Crippen LogP) is 4.48. The smallest absolute Gasteiger partial charge is 0.253 e. The predicted molar refractivity (Wildman–Crippen MR) is 107 cm³/mol. The molecule has 1 heterocycles. The highest BCUT2D eigenvalue weighted by Crippen LogP contribution is 2.21. The van der Waals surface area contributed by atoms with Crippen molar-refractivity contribution in [1.82, 2.24) is 4.98 Å². The molecular weight excluding hydrogens is 324 g/mol. The maximum atomic E-state index is 12.7. The molecule has 26 heavy (non-hydrogen) atoms. The van der Waals surface area contributed by atoms with Gasteiger partial charge in [0.15, 0.2) is 0 Å². The average Bonchev–Trinajstić information content (AvgIpc) is 2.60. The van der Waals surface area contributed by atoms with Gasteiger partial charge in [-0.1, -0.05) is 31.2 Å². The summed E-state index contributed by atoms with van der Waals surface area (Å²) in [6, 6.07) is 15.7. The van der Waals surface area contributed by atoms with Gasteiger partial charge < -0.3 is 9.88 Å². The second-order valence-electron chi connectivity index (χ2n) is 6.78. The second-order valence-corrected chi connectivity index (χ2v) is 6.78. The molecule has 3 rings (SSSR count). The van der Waals surface area contributed by atoms with Crippen LogP contribution in [0.15, 0.2) is 53.3 Å². The van der Waals surface area contributed by atoms with E-state index in [1.54, 1.807) is 4.90 Å². The third-order valence-electron chi connectivity index (χ3n) is 4.49. The largest absolute Gasteiger partial charge is 0.322 e. The molecule has 0 atom stereocenters. The Morgan fingerprint density at radius 2 is 1.81 bits per heavy atom. The van der Waals surface area contributed by atoms with Gasteiger partial charge in [0.1, 0.15) is 0 Å². The first-order valence-electron chi connectivity index (χ1n) is 8.97. The number of hydrogen-bond acceptors (Lipinski definition) is 2. The standard InChI is InChI=1S/C22H24N2O2/c1-4-6-21(25)24(19-8-5-7-15(2)11-19)14-18-13-17-10-9-16(3)12-20(17)23-22(18)26/h5,7-13H,4,6,14H2,1-3H3,(H,23,26). The monoisotopic (exact) mass is 348 g/mol. The molecule has 0 aliphatic carbocycles. The summed E-state index contributed by atoms with van der Waals surface area (Å²) < 4.78 is 0. The highest BCUT2D eigenvalue weighted by Gasteiger charge is 2.17. The first kappa shape index (κ1) is 17.9. The maximum Gasteiger partial charge on any atom is 0.253 e. The molecule has 0 unspecified atom stereocenters. The number of aromatic amines is 1. The van der Waals surface area contributed by atoms with E-state index in [4.69, 9.17) is 0 Å². The van der Waals surface area contributed by atoms with Crippen LogP contribution < -0.4 is 10.5 Å². The number of carbonyl (C=O) groups excluding carboxylic acids is 1. The molecule has 0 saturated heterocycles. The zero-order valence-corrected chi connectivity index (χ0v) is 15.5. The molecular formula is C22H24N2O2. The number of nitrogens with one attached hydrogen (secondary N) is 1. The van der Waals surface area contributed by atoms with Gasteiger partial charge in [-0.3, -0.25) is 9.59 Å². The van der Waals surface area contributed by atoms with Crippen molar-refractivity contribution in [1.29, 1.82) is 0 Å². The molecule has 0 saturated carbocycles. The van der Waals surface area contributed by atoms with Crippen LogP contribution >= 0.6 is 0 Å². The highest BCUT2D eigenvalue weighted by molar-refractivity contribution is 5.93. The van der Waals surface area contributed by atoms with Gasteiger partial charge in [-0.05, 0) is 61.0 Å². The number of pyridine rings is 1. The lowest BCUT2D eigenvalue weighted by Crippen LogP contribution is -2.32. The number of amides is 1. The summed E-state index contributed by atoms with van der Waals surface area (Å²) >= 11 is 0. The molecule has 0 radical (unpaired) electrons. The number of aromatic nitrogens is 1. The van der Waals surface area contributed by atoms with Gasteiger partial charge >= 0.3 is 0 Å². The van der Waals surface area contributed by atoms with Gasteiger partial charge in [0, 0.05) is 23.2 Å². The number of rotatable bonds is 5.